The van der Waals surface area contributed by atoms with E-state index in [1.165, 1.54) is 32.3 Å². The molecule has 1 saturated heterocycles. The predicted molar refractivity (Wildman–Crippen MR) is 135 cm³/mol. The normalized spacial score (nSPS) is 17.5. The molecule has 3 aromatic rings. The van der Waals surface area contributed by atoms with Crippen molar-refractivity contribution in [3.63, 3.8) is 0 Å². The number of nitrogens with one attached hydrogen (secondary N) is 1. The van der Waals surface area contributed by atoms with Gasteiger partial charge in [0.1, 0.15) is 0 Å². The number of para-hydroxylation sites is 1. The van der Waals surface area contributed by atoms with Gasteiger partial charge in [0.05, 0.1) is 11.4 Å². The summed E-state index contributed by atoms with van der Waals surface area (Å²) in [7, 11) is 0. The molecule has 1 atom stereocenters. The maximum atomic E-state index is 6.01. The average Bonchev–Trinajstić information content (AvgIpc) is 2.80. The summed E-state index contributed by atoms with van der Waals surface area (Å²) in [5.74, 6) is 0. The zero-order valence-corrected chi connectivity index (χ0v) is 19.9. The van der Waals surface area contributed by atoms with E-state index >= 15 is 0 Å². The number of piperazine rings is 1. The molecule has 1 unspecified atom stereocenters. The zero-order valence-electron chi connectivity index (χ0n) is 17.6. The summed E-state index contributed by atoms with van der Waals surface area (Å²) in [6.45, 7) is 7.70. The lowest BCUT2D eigenvalue weighted by atomic mass is 10.1. The number of hydrogen-bond donors (Lipinski definition) is 1. The molecule has 31 heavy (non-hydrogen) atoms. The molecule has 2 heterocycles. The van der Waals surface area contributed by atoms with Crippen LogP contribution in [-0.4, -0.2) is 35.4 Å². The SMILES string of the molecule is CC(SN1CCN(Cc2ccc(Cl)cc2)CC1)c1ccc2c(c1)Nc1ccccc1S2. The lowest BCUT2D eigenvalue weighted by Crippen LogP contribution is -2.43. The highest BCUT2D eigenvalue weighted by Crippen LogP contribution is 2.45. The second-order valence-corrected chi connectivity index (χ2v) is 11.0. The van der Waals surface area contributed by atoms with Crippen molar-refractivity contribution in [2.24, 2.45) is 0 Å². The summed E-state index contributed by atoms with van der Waals surface area (Å²) in [6, 6.07) is 23.6. The first-order chi connectivity index (χ1) is 15.1. The maximum absolute atomic E-state index is 6.01. The van der Waals surface area contributed by atoms with Crippen molar-refractivity contribution in [2.75, 3.05) is 31.5 Å². The molecule has 0 aliphatic carbocycles. The Bertz CT molecular complexity index is 1050. The maximum Gasteiger partial charge on any atom is 0.0529 e. The molecule has 6 heteroatoms. The number of halogens is 1. The van der Waals surface area contributed by atoms with Crippen molar-refractivity contribution in [1.29, 1.82) is 0 Å². The van der Waals surface area contributed by atoms with E-state index in [1.54, 1.807) is 0 Å². The number of benzene rings is 3. The summed E-state index contributed by atoms with van der Waals surface area (Å²) in [5, 5.41) is 4.85. The van der Waals surface area contributed by atoms with Crippen LogP contribution >= 0.6 is 35.3 Å². The minimum atomic E-state index is 0.428. The molecule has 0 radical (unpaired) electrons. The monoisotopic (exact) mass is 467 g/mol. The molecule has 1 fully saturated rings. The molecule has 5 rings (SSSR count). The van der Waals surface area contributed by atoms with Crippen LogP contribution in [0.2, 0.25) is 5.02 Å². The number of hydrogen-bond acceptors (Lipinski definition) is 5. The zero-order chi connectivity index (χ0) is 21.2. The lowest BCUT2D eigenvalue weighted by Gasteiger charge is -2.35. The van der Waals surface area contributed by atoms with Gasteiger partial charge in [-0.05, 0) is 54.4 Å². The molecule has 0 bridgehead atoms. The van der Waals surface area contributed by atoms with Crippen molar-refractivity contribution in [2.45, 2.75) is 28.5 Å². The average molecular weight is 468 g/mol. The summed E-state index contributed by atoms with van der Waals surface area (Å²) in [6.07, 6.45) is 0. The van der Waals surface area contributed by atoms with Gasteiger partial charge in [-0.2, -0.15) is 0 Å². The number of anilines is 2. The first-order valence-corrected chi connectivity index (χ1v) is 12.7. The molecule has 2 aliphatic rings. The Labute approximate surface area is 198 Å². The quantitative estimate of drug-likeness (QED) is 0.315. The summed E-state index contributed by atoms with van der Waals surface area (Å²) >= 11 is 9.83. The van der Waals surface area contributed by atoms with E-state index in [2.05, 4.69) is 76.0 Å². The van der Waals surface area contributed by atoms with Gasteiger partial charge in [-0.25, -0.2) is 4.31 Å². The van der Waals surface area contributed by atoms with E-state index in [-0.39, 0.29) is 0 Å². The fraction of sp³-hybridized carbons (Fsp3) is 0.280. The number of fused-ring (bicyclic) bond motifs is 2. The molecule has 3 aromatic carbocycles. The smallest absolute Gasteiger partial charge is 0.0529 e. The first kappa shape index (κ1) is 21.2. The largest absolute Gasteiger partial charge is 0.354 e. The topological polar surface area (TPSA) is 18.5 Å². The van der Waals surface area contributed by atoms with Crippen LogP contribution in [0.25, 0.3) is 0 Å². The third kappa shape index (κ3) is 5.07. The van der Waals surface area contributed by atoms with Gasteiger partial charge in [0.2, 0.25) is 0 Å². The molecular formula is C25H26ClN3S2. The van der Waals surface area contributed by atoms with Gasteiger partial charge in [-0.15, -0.1) is 0 Å². The van der Waals surface area contributed by atoms with Gasteiger partial charge in [0, 0.05) is 52.8 Å². The van der Waals surface area contributed by atoms with Crippen molar-refractivity contribution in [1.82, 2.24) is 9.21 Å². The molecule has 2 aliphatic heterocycles. The first-order valence-electron chi connectivity index (χ1n) is 10.7. The van der Waals surface area contributed by atoms with Crippen LogP contribution in [0.3, 0.4) is 0 Å². The predicted octanol–water partition coefficient (Wildman–Crippen LogP) is 7.08. The molecule has 0 amide bonds. The van der Waals surface area contributed by atoms with Crippen LogP contribution in [0.15, 0.2) is 76.5 Å². The highest BCUT2D eigenvalue weighted by atomic mass is 35.5. The number of nitrogens with zero attached hydrogens (tertiary/aromatic N) is 2. The lowest BCUT2D eigenvalue weighted by molar-refractivity contribution is 0.189. The molecular weight excluding hydrogens is 442 g/mol. The number of rotatable bonds is 5. The molecule has 0 spiro atoms. The third-order valence-corrected chi connectivity index (χ3v) is 8.46. The second-order valence-electron chi connectivity index (χ2n) is 8.06. The van der Waals surface area contributed by atoms with Crippen LogP contribution in [0, 0.1) is 0 Å². The Morgan fingerprint density at radius 3 is 2.48 bits per heavy atom. The molecule has 1 N–H and O–H groups in total. The summed E-state index contributed by atoms with van der Waals surface area (Å²) in [5.41, 5.74) is 5.13. The van der Waals surface area contributed by atoms with Gasteiger partial charge in [-0.1, -0.05) is 65.6 Å². The van der Waals surface area contributed by atoms with Crippen molar-refractivity contribution in [3.05, 3.63) is 82.9 Å². The van der Waals surface area contributed by atoms with E-state index in [0.717, 1.165) is 37.7 Å². The van der Waals surface area contributed by atoms with E-state index in [0.29, 0.717) is 5.25 Å². The van der Waals surface area contributed by atoms with Crippen LogP contribution in [0.5, 0.6) is 0 Å². The second kappa shape index (κ2) is 9.47. The van der Waals surface area contributed by atoms with E-state index in [9.17, 15) is 0 Å². The fourth-order valence-electron chi connectivity index (χ4n) is 4.04. The minimum Gasteiger partial charge on any atom is -0.354 e. The third-order valence-electron chi connectivity index (χ3n) is 5.81. The summed E-state index contributed by atoms with van der Waals surface area (Å²) < 4.78 is 2.53. The van der Waals surface area contributed by atoms with Crippen molar-refractivity contribution in [3.8, 4) is 0 Å². The summed E-state index contributed by atoms with van der Waals surface area (Å²) in [4.78, 5) is 5.12. The Morgan fingerprint density at radius 2 is 1.68 bits per heavy atom. The van der Waals surface area contributed by atoms with Crippen LogP contribution < -0.4 is 5.32 Å². The highest BCUT2D eigenvalue weighted by molar-refractivity contribution is 7.99. The van der Waals surface area contributed by atoms with Crippen molar-refractivity contribution < 1.29 is 0 Å². The highest BCUT2D eigenvalue weighted by Gasteiger charge is 2.22. The van der Waals surface area contributed by atoms with Crippen LogP contribution in [-0.2, 0) is 6.54 Å². The Balaban J connectivity index is 1.16. The Kier molecular flexibility index (Phi) is 6.49. The Morgan fingerprint density at radius 1 is 0.935 bits per heavy atom. The van der Waals surface area contributed by atoms with Gasteiger partial charge in [-0.3, -0.25) is 4.90 Å². The van der Waals surface area contributed by atoms with Gasteiger partial charge < -0.3 is 5.32 Å². The molecule has 160 valence electrons. The minimum absolute atomic E-state index is 0.428. The van der Waals surface area contributed by atoms with Crippen molar-refractivity contribution >= 4 is 46.7 Å². The van der Waals surface area contributed by atoms with Crippen LogP contribution in [0.4, 0.5) is 11.4 Å². The fourth-order valence-corrected chi connectivity index (χ4v) is 6.22. The molecule has 3 nitrogen and oxygen atoms in total. The van der Waals surface area contributed by atoms with E-state index in [4.69, 9.17) is 11.6 Å². The standard InChI is InChI=1S/C25H26ClN3S2/c1-18(20-8-11-25-23(16-20)27-22-4-2-3-5-24(22)30-25)31-29-14-12-28(13-15-29)17-19-6-9-21(26)10-7-19/h2-11,16,18,27H,12-15,17H2,1H3. The Hall–Kier alpha value is -1.63. The van der Waals surface area contributed by atoms with E-state index in [1.807, 2.05) is 35.8 Å². The van der Waals surface area contributed by atoms with E-state index < -0.39 is 0 Å². The molecule has 0 saturated carbocycles. The van der Waals surface area contributed by atoms with Crippen LogP contribution in [0.1, 0.15) is 23.3 Å². The van der Waals surface area contributed by atoms with Gasteiger partial charge >= 0.3 is 0 Å². The van der Waals surface area contributed by atoms with Gasteiger partial charge in [0.25, 0.3) is 0 Å². The van der Waals surface area contributed by atoms with Gasteiger partial charge in [0.15, 0.2) is 0 Å². The molecule has 0 aromatic heterocycles.